The van der Waals surface area contributed by atoms with E-state index in [1.165, 1.54) is 16.8 Å². The molecule has 0 unspecified atom stereocenters. The van der Waals surface area contributed by atoms with Crippen molar-refractivity contribution < 1.29 is 22.7 Å². The van der Waals surface area contributed by atoms with Crippen molar-refractivity contribution in [3.63, 3.8) is 0 Å². The second-order valence-electron chi connectivity index (χ2n) is 8.25. The molecule has 1 aliphatic heterocycles. The predicted molar refractivity (Wildman–Crippen MR) is 140 cm³/mol. The molecule has 0 aliphatic carbocycles. The van der Waals surface area contributed by atoms with Crippen molar-refractivity contribution in [2.45, 2.75) is 38.0 Å². The van der Waals surface area contributed by atoms with E-state index in [9.17, 15) is 13.2 Å². The zero-order valence-corrected chi connectivity index (χ0v) is 21.7. The highest BCUT2D eigenvalue weighted by atomic mass is 32.2. The molecule has 9 heteroatoms. The van der Waals surface area contributed by atoms with E-state index in [4.69, 9.17) is 9.47 Å². The Morgan fingerprint density at radius 3 is 2.31 bits per heavy atom. The van der Waals surface area contributed by atoms with E-state index < -0.39 is 10.0 Å². The van der Waals surface area contributed by atoms with Crippen LogP contribution >= 0.6 is 0 Å². The molecule has 0 saturated carbocycles. The van der Waals surface area contributed by atoms with Crippen LogP contribution in [-0.2, 0) is 14.8 Å². The van der Waals surface area contributed by atoms with Gasteiger partial charge in [-0.25, -0.2) is 8.42 Å². The topological polar surface area (TPSA) is 88.2 Å². The highest BCUT2D eigenvalue weighted by Crippen LogP contribution is 2.32. The van der Waals surface area contributed by atoms with E-state index in [0.717, 1.165) is 37.2 Å². The fraction of sp³-hybridized carbons (Fsp3) is 0.423. The Kier molecular flexibility index (Phi) is 9.17. The lowest BCUT2D eigenvalue weighted by atomic mass is 10.1. The number of methoxy groups -OCH3 is 2. The first-order valence-corrected chi connectivity index (χ1v) is 13.4. The van der Waals surface area contributed by atoms with Gasteiger partial charge in [0, 0.05) is 32.3 Å². The number of sulfonamides is 1. The van der Waals surface area contributed by atoms with Crippen molar-refractivity contribution in [2.24, 2.45) is 0 Å². The number of nitrogens with one attached hydrogen (secondary N) is 1. The number of rotatable bonds is 10. The van der Waals surface area contributed by atoms with Crippen LogP contribution in [0.2, 0.25) is 0 Å². The van der Waals surface area contributed by atoms with Crippen LogP contribution in [0.3, 0.4) is 0 Å². The molecule has 3 rings (SSSR count). The maximum absolute atomic E-state index is 13.1. The number of hydrogen-bond acceptors (Lipinski definition) is 6. The van der Waals surface area contributed by atoms with Crippen LogP contribution in [0.1, 0.15) is 38.7 Å². The number of nitrogens with zero attached hydrogens (tertiary/aromatic N) is 2. The van der Waals surface area contributed by atoms with Gasteiger partial charge in [-0.05, 0) is 61.2 Å². The molecule has 0 radical (unpaired) electrons. The SMILES string of the molecule is CCN(CC)S(=O)(=O)c1ccc(N2CCCCC2)c(NC(=O)C=Cc2ccc(OC)c(OC)c2)c1. The van der Waals surface area contributed by atoms with Gasteiger partial charge in [-0.3, -0.25) is 4.79 Å². The molecule has 0 atom stereocenters. The van der Waals surface area contributed by atoms with Crippen LogP contribution in [0.25, 0.3) is 6.08 Å². The fourth-order valence-corrected chi connectivity index (χ4v) is 5.69. The molecule has 0 bridgehead atoms. The normalized spacial score (nSPS) is 14.4. The van der Waals surface area contributed by atoms with Gasteiger partial charge in [0.2, 0.25) is 15.9 Å². The summed E-state index contributed by atoms with van der Waals surface area (Å²) in [6.07, 6.45) is 6.39. The Morgan fingerprint density at radius 1 is 1.00 bits per heavy atom. The lowest BCUT2D eigenvalue weighted by Crippen LogP contribution is -2.32. The third-order valence-corrected chi connectivity index (χ3v) is 8.15. The molecule has 2 aromatic rings. The number of carbonyl (C=O) groups excluding carboxylic acids is 1. The summed E-state index contributed by atoms with van der Waals surface area (Å²) >= 11 is 0. The quantitative estimate of drug-likeness (QED) is 0.486. The Balaban J connectivity index is 1.90. The van der Waals surface area contributed by atoms with E-state index in [1.54, 1.807) is 50.6 Å². The number of ether oxygens (including phenoxy) is 2. The van der Waals surface area contributed by atoms with Gasteiger partial charge in [0.15, 0.2) is 11.5 Å². The number of hydrogen-bond donors (Lipinski definition) is 1. The summed E-state index contributed by atoms with van der Waals surface area (Å²) in [6, 6.07) is 10.4. The minimum absolute atomic E-state index is 0.168. The Hall–Kier alpha value is -3.04. The number of anilines is 2. The van der Waals surface area contributed by atoms with Gasteiger partial charge in [0.25, 0.3) is 0 Å². The summed E-state index contributed by atoms with van der Waals surface area (Å²) < 4.78 is 38.2. The second-order valence-corrected chi connectivity index (χ2v) is 10.2. The molecule has 1 heterocycles. The molecule has 1 amide bonds. The minimum Gasteiger partial charge on any atom is -0.493 e. The van der Waals surface area contributed by atoms with Crippen molar-refractivity contribution in [2.75, 3.05) is 50.6 Å². The summed E-state index contributed by atoms with van der Waals surface area (Å²) in [6.45, 7) is 6.11. The Morgan fingerprint density at radius 2 is 1.69 bits per heavy atom. The molecular weight excluding hydrogens is 466 g/mol. The third kappa shape index (κ3) is 6.35. The van der Waals surface area contributed by atoms with Crippen LogP contribution in [-0.4, -0.2) is 59.0 Å². The molecule has 8 nitrogen and oxygen atoms in total. The fourth-order valence-electron chi connectivity index (χ4n) is 4.20. The summed E-state index contributed by atoms with van der Waals surface area (Å²) in [7, 11) is -0.537. The highest BCUT2D eigenvalue weighted by Gasteiger charge is 2.24. The zero-order chi connectivity index (χ0) is 25.4. The minimum atomic E-state index is -3.66. The van der Waals surface area contributed by atoms with Gasteiger partial charge in [-0.2, -0.15) is 4.31 Å². The molecule has 190 valence electrons. The first-order chi connectivity index (χ1) is 16.8. The number of benzene rings is 2. The van der Waals surface area contributed by atoms with E-state index in [0.29, 0.717) is 30.3 Å². The first-order valence-electron chi connectivity index (χ1n) is 11.9. The van der Waals surface area contributed by atoms with Crippen molar-refractivity contribution >= 4 is 33.4 Å². The van der Waals surface area contributed by atoms with Crippen LogP contribution in [0, 0.1) is 0 Å². The molecule has 0 spiro atoms. The van der Waals surface area contributed by atoms with Gasteiger partial charge in [0.1, 0.15) is 0 Å². The van der Waals surface area contributed by atoms with Gasteiger partial charge in [0.05, 0.1) is 30.5 Å². The molecule has 1 saturated heterocycles. The second kappa shape index (κ2) is 12.1. The predicted octanol–water partition coefficient (Wildman–Crippen LogP) is 4.38. The lowest BCUT2D eigenvalue weighted by Gasteiger charge is -2.31. The smallest absolute Gasteiger partial charge is 0.248 e. The highest BCUT2D eigenvalue weighted by molar-refractivity contribution is 7.89. The molecular formula is C26H35N3O5S. The number of carbonyl (C=O) groups is 1. The lowest BCUT2D eigenvalue weighted by molar-refractivity contribution is -0.111. The number of amides is 1. The zero-order valence-electron chi connectivity index (χ0n) is 20.9. The summed E-state index contributed by atoms with van der Waals surface area (Å²) in [5.74, 6) is 0.818. The van der Waals surface area contributed by atoms with Crippen LogP contribution in [0.5, 0.6) is 11.5 Å². The van der Waals surface area contributed by atoms with E-state index in [-0.39, 0.29) is 10.8 Å². The van der Waals surface area contributed by atoms with Gasteiger partial charge in [-0.1, -0.05) is 19.9 Å². The van der Waals surface area contributed by atoms with E-state index in [1.807, 2.05) is 19.9 Å². The van der Waals surface area contributed by atoms with Crippen molar-refractivity contribution in [1.82, 2.24) is 4.31 Å². The van der Waals surface area contributed by atoms with E-state index in [2.05, 4.69) is 10.2 Å². The van der Waals surface area contributed by atoms with Crippen molar-refractivity contribution in [3.8, 4) is 11.5 Å². The monoisotopic (exact) mass is 501 g/mol. The summed E-state index contributed by atoms with van der Waals surface area (Å²) in [5, 5.41) is 2.91. The standard InChI is InChI=1S/C26H35N3O5S/c1-5-29(6-2)35(31,32)21-12-13-23(28-16-8-7-9-17-28)22(19-21)27-26(30)15-11-20-10-14-24(33-3)25(18-20)34-4/h10-15,18-19H,5-9,16-17H2,1-4H3,(H,27,30). The average Bonchev–Trinajstić information content (AvgIpc) is 2.88. The molecule has 1 aliphatic rings. The molecule has 1 N–H and O–H groups in total. The maximum Gasteiger partial charge on any atom is 0.248 e. The third-order valence-electron chi connectivity index (χ3n) is 6.10. The Labute approximate surface area is 208 Å². The largest absolute Gasteiger partial charge is 0.493 e. The number of piperidine rings is 1. The molecule has 1 fully saturated rings. The van der Waals surface area contributed by atoms with E-state index >= 15 is 0 Å². The Bertz CT molecular complexity index is 1150. The first kappa shape index (κ1) is 26.6. The van der Waals surface area contributed by atoms with Crippen LogP contribution in [0.4, 0.5) is 11.4 Å². The van der Waals surface area contributed by atoms with Crippen molar-refractivity contribution in [1.29, 1.82) is 0 Å². The van der Waals surface area contributed by atoms with Crippen molar-refractivity contribution in [3.05, 3.63) is 48.0 Å². The summed E-state index contributed by atoms with van der Waals surface area (Å²) in [4.78, 5) is 15.2. The van der Waals surface area contributed by atoms with Crippen LogP contribution < -0.4 is 19.7 Å². The van der Waals surface area contributed by atoms with Gasteiger partial charge < -0.3 is 19.7 Å². The molecule has 35 heavy (non-hydrogen) atoms. The maximum atomic E-state index is 13.1. The average molecular weight is 502 g/mol. The van der Waals surface area contributed by atoms with Gasteiger partial charge in [-0.15, -0.1) is 0 Å². The molecule has 0 aromatic heterocycles. The summed E-state index contributed by atoms with van der Waals surface area (Å²) in [5.41, 5.74) is 2.09. The molecule has 2 aromatic carbocycles. The van der Waals surface area contributed by atoms with Gasteiger partial charge >= 0.3 is 0 Å². The van der Waals surface area contributed by atoms with Crippen LogP contribution in [0.15, 0.2) is 47.4 Å².